The molecule has 0 aromatic carbocycles. The Kier molecular flexibility index (Phi) is 7.33. The minimum absolute atomic E-state index is 0.287. The molecule has 1 aliphatic rings. The lowest BCUT2D eigenvalue weighted by molar-refractivity contribution is -0.130. The first-order valence-corrected chi connectivity index (χ1v) is 7.72. The van der Waals surface area contributed by atoms with Gasteiger partial charge in [-0.15, -0.1) is 0 Å². The van der Waals surface area contributed by atoms with Crippen LogP contribution in [0, 0.1) is 5.92 Å². The minimum atomic E-state index is 0.287. The second-order valence-electron chi connectivity index (χ2n) is 5.41. The Hall–Kier alpha value is -0.570. The minimum Gasteiger partial charge on any atom is -0.343 e. The average molecular weight is 254 g/mol. The lowest BCUT2D eigenvalue weighted by Crippen LogP contribution is -2.38. The summed E-state index contributed by atoms with van der Waals surface area (Å²) in [5, 5.41) is 3.57. The number of hydrogen-bond donors (Lipinski definition) is 1. The molecule has 3 heteroatoms. The fourth-order valence-electron chi connectivity index (χ4n) is 2.96. The summed E-state index contributed by atoms with van der Waals surface area (Å²) in [4.78, 5) is 13.8. The summed E-state index contributed by atoms with van der Waals surface area (Å²) in [6.07, 6.45) is 7.28. The van der Waals surface area contributed by atoms with Gasteiger partial charge in [0.25, 0.3) is 0 Å². The van der Waals surface area contributed by atoms with Crippen molar-refractivity contribution in [3.63, 3.8) is 0 Å². The van der Waals surface area contributed by atoms with Crippen LogP contribution in [0.2, 0.25) is 0 Å². The van der Waals surface area contributed by atoms with Crippen molar-refractivity contribution in [2.45, 2.75) is 65.3 Å². The molecule has 1 N–H and O–H groups in total. The number of amides is 1. The van der Waals surface area contributed by atoms with Crippen molar-refractivity contribution in [2.24, 2.45) is 5.92 Å². The first-order valence-electron chi connectivity index (χ1n) is 7.72. The molecule has 0 heterocycles. The van der Waals surface area contributed by atoms with Gasteiger partial charge in [0.15, 0.2) is 0 Å². The van der Waals surface area contributed by atoms with Crippen LogP contribution in [-0.4, -0.2) is 36.5 Å². The van der Waals surface area contributed by atoms with Crippen LogP contribution in [0.1, 0.15) is 59.3 Å². The van der Waals surface area contributed by atoms with E-state index in [1.807, 2.05) is 18.7 Å². The van der Waals surface area contributed by atoms with Crippen molar-refractivity contribution >= 4 is 5.91 Å². The third kappa shape index (κ3) is 4.97. The van der Waals surface area contributed by atoms with Gasteiger partial charge in [0.2, 0.25) is 5.91 Å². The van der Waals surface area contributed by atoms with Crippen LogP contribution < -0.4 is 5.32 Å². The fraction of sp³-hybridized carbons (Fsp3) is 0.933. The molecule has 0 aromatic heterocycles. The van der Waals surface area contributed by atoms with Gasteiger partial charge in [0.05, 0.1) is 0 Å². The van der Waals surface area contributed by atoms with E-state index in [1.54, 1.807) is 0 Å². The maximum absolute atomic E-state index is 11.9. The van der Waals surface area contributed by atoms with Crippen molar-refractivity contribution in [1.29, 1.82) is 0 Å². The van der Waals surface area contributed by atoms with Crippen molar-refractivity contribution in [3.8, 4) is 0 Å². The van der Waals surface area contributed by atoms with Gasteiger partial charge in [-0.3, -0.25) is 4.79 Å². The maximum atomic E-state index is 11.9. The van der Waals surface area contributed by atoms with E-state index in [1.165, 1.54) is 32.1 Å². The van der Waals surface area contributed by atoms with E-state index in [4.69, 9.17) is 0 Å². The van der Waals surface area contributed by atoms with Crippen LogP contribution >= 0.6 is 0 Å². The highest BCUT2D eigenvalue weighted by Gasteiger charge is 2.20. The highest BCUT2D eigenvalue weighted by atomic mass is 16.2. The topological polar surface area (TPSA) is 32.3 Å². The van der Waals surface area contributed by atoms with Crippen molar-refractivity contribution < 1.29 is 4.79 Å². The Morgan fingerprint density at radius 3 is 2.56 bits per heavy atom. The van der Waals surface area contributed by atoms with Crippen LogP contribution in [-0.2, 0) is 4.79 Å². The van der Waals surface area contributed by atoms with E-state index in [9.17, 15) is 4.79 Å². The molecular formula is C15H30N2O. The molecule has 0 aliphatic heterocycles. The molecule has 18 heavy (non-hydrogen) atoms. The largest absolute Gasteiger partial charge is 0.343 e. The van der Waals surface area contributed by atoms with E-state index in [-0.39, 0.29) is 5.91 Å². The summed E-state index contributed by atoms with van der Waals surface area (Å²) in [7, 11) is 0. The zero-order valence-corrected chi connectivity index (χ0v) is 12.4. The molecule has 1 fully saturated rings. The second kappa shape index (κ2) is 8.52. The molecule has 1 amide bonds. The van der Waals surface area contributed by atoms with Crippen LogP contribution in [0.4, 0.5) is 0 Å². The molecule has 1 rings (SSSR count). The van der Waals surface area contributed by atoms with Gasteiger partial charge in [-0.05, 0) is 32.6 Å². The summed E-state index contributed by atoms with van der Waals surface area (Å²) in [5.74, 6) is 1.19. The van der Waals surface area contributed by atoms with E-state index in [0.29, 0.717) is 12.5 Å². The average Bonchev–Trinajstić information content (AvgIpc) is 2.40. The predicted octanol–water partition coefficient (Wildman–Crippen LogP) is 2.80. The van der Waals surface area contributed by atoms with Crippen molar-refractivity contribution in [1.82, 2.24) is 10.2 Å². The number of nitrogens with one attached hydrogen (secondary N) is 1. The Bertz CT molecular complexity index is 239. The lowest BCUT2D eigenvalue weighted by atomic mass is 9.84. The molecule has 0 bridgehead atoms. The van der Waals surface area contributed by atoms with Crippen LogP contribution in [0.3, 0.4) is 0 Å². The Labute approximate surface area is 112 Å². The van der Waals surface area contributed by atoms with Crippen LogP contribution in [0.5, 0.6) is 0 Å². The van der Waals surface area contributed by atoms with Gasteiger partial charge in [-0.25, -0.2) is 0 Å². The third-order valence-electron chi connectivity index (χ3n) is 4.25. The molecule has 0 radical (unpaired) electrons. The monoisotopic (exact) mass is 254 g/mol. The Morgan fingerprint density at radius 2 is 1.94 bits per heavy atom. The smallest absolute Gasteiger partial charge is 0.223 e. The zero-order chi connectivity index (χ0) is 13.4. The highest BCUT2D eigenvalue weighted by molar-refractivity contribution is 5.76. The number of rotatable bonds is 7. The van der Waals surface area contributed by atoms with Crippen LogP contribution in [0.15, 0.2) is 0 Å². The van der Waals surface area contributed by atoms with Gasteiger partial charge in [-0.1, -0.05) is 26.2 Å². The molecule has 3 nitrogen and oxygen atoms in total. The SMILES string of the molecule is CCC1CCCC(NCCC(=O)N(CC)CC)C1. The molecular weight excluding hydrogens is 224 g/mol. The first-order chi connectivity index (χ1) is 8.71. The van der Waals surface area contributed by atoms with Crippen LogP contribution in [0.25, 0.3) is 0 Å². The summed E-state index contributed by atoms with van der Waals surface area (Å²) in [6, 6.07) is 0.646. The van der Waals surface area contributed by atoms with E-state index in [2.05, 4.69) is 12.2 Å². The molecule has 106 valence electrons. The summed E-state index contributed by atoms with van der Waals surface area (Å²) in [6.45, 7) is 8.88. The van der Waals surface area contributed by atoms with Gasteiger partial charge in [0, 0.05) is 32.1 Å². The third-order valence-corrected chi connectivity index (χ3v) is 4.25. The zero-order valence-electron chi connectivity index (χ0n) is 12.4. The molecule has 1 aliphatic carbocycles. The molecule has 2 unspecified atom stereocenters. The molecule has 1 saturated carbocycles. The van der Waals surface area contributed by atoms with Gasteiger partial charge >= 0.3 is 0 Å². The van der Waals surface area contributed by atoms with E-state index in [0.717, 1.165) is 25.6 Å². The Morgan fingerprint density at radius 1 is 1.22 bits per heavy atom. The highest BCUT2D eigenvalue weighted by Crippen LogP contribution is 2.26. The van der Waals surface area contributed by atoms with Gasteiger partial charge < -0.3 is 10.2 Å². The summed E-state index contributed by atoms with van der Waals surface area (Å²) < 4.78 is 0. The standard InChI is InChI=1S/C15H30N2O/c1-4-13-8-7-9-14(12-13)16-11-10-15(18)17(5-2)6-3/h13-14,16H,4-12H2,1-3H3. The maximum Gasteiger partial charge on any atom is 0.223 e. The molecule has 0 aromatic rings. The first kappa shape index (κ1) is 15.5. The molecule has 2 atom stereocenters. The van der Waals surface area contributed by atoms with Crippen molar-refractivity contribution in [2.75, 3.05) is 19.6 Å². The Balaban J connectivity index is 2.19. The predicted molar refractivity (Wildman–Crippen MR) is 76.6 cm³/mol. The number of carbonyl (C=O) groups excluding carboxylic acids is 1. The lowest BCUT2D eigenvalue weighted by Gasteiger charge is -2.29. The van der Waals surface area contributed by atoms with Gasteiger partial charge in [-0.2, -0.15) is 0 Å². The quantitative estimate of drug-likeness (QED) is 0.757. The van der Waals surface area contributed by atoms with Crippen molar-refractivity contribution in [3.05, 3.63) is 0 Å². The number of carbonyl (C=O) groups is 1. The fourth-order valence-corrected chi connectivity index (χ4v) is 2.96. The summed E-state index contributed by atoms with van der Waals surface area (Å²) in [5.41, 5.74) is 0. The summed E-state index contributed by atoms with van der Waals surface area (Å²) >= 11 is 0. The normalized spacial score (nSPS) is 23.9. The van der Waals surface area contributed by atoms with E-state index >= 15 is 0 Å². The molecule has 0 spiro atoms. The van der Waals surface area contributed by atoms with E-state index < -0.39 is 0 Å². The van der Waals surface area contributed by atoms with Gasteiger partial charge in [0.1, 0.15) is 0 Å². The molecule has 0 saturated heterocycles. The second-order valence-corrected chi connectivity index (χ2v) is 5.41. The number of hydrogen-bond acceptors (Lipinski definition) is 2. The number of nitrogens with zero attached hydrogens (tertiary/aromatic N) is 1.